The lowest BCUT2D eigenvalue weighted by molar-refractivity contribution is -0.138. The second-order valence-corrected chi connectivity index (χ2v) is 5.63. The molecule has 0 aliphatic heterocycles. The van der Waals surface area contributed by atoms with Gasteiger partial charge in [0, 0.05) is 11.8 Å². The molecule has 4 nitrogen and oxygen atoms in total. The zero-order chi connectivity index (χ0) is 12.0. The van der Waals surface area contributed by atoms with Gasteiger partial charge in [0.2, 0.25) is 0 Å². The van der Waals surface area contributed by atoms with Crippen molar-refractivity contribution in [2.24, 2.45) is 21.9 Å². The van der Waals surface area contributed by atoms with Crippen LogP contribution in [0.3, 0.4) is 0 Å². The quantitative estimate of drug-likeness (QED) is 0.572. The van der Waals surface area contributed by atoms with Crippen molar-refractivity contribution < 1.29 is 15.1 Å². The number of nitrogens with zero attached hydrogens (tertiary/aromatic N) is 1. The molecule has 0 unspecified atom stereocenters. The Morgan fingerprint density at radius 2 is 2.25 bits per heavy atom. The summed E-state index contributed by atoms with van der Waals surface area (Å²) in [4.78, 5) is 10.7. The van der Waals surface area contributed by atoms with Gasteiger partial charge in [0.25, 0.3) is 0 Å². The Balaban J connectivity index is 2.25. The molecule has 2 saturated carbocycles. The van der Waals surface area contributed by atoms with Crippen molar-refractivity contribution in [2.75, 3.05) is 0 Å². The van der Waals surface area contributed by atoms with Gasteiger partial charge in [-0.15, -0.1) is 0 Å². The number of aliphatic carboxylic acids is 1. The minimum atomic E-state index is -0.737. The molecular formula is C12H19NO3. The number of oxime groups is 1. The van der Waals surface area contributed by atoms with Gasteiger partial charge in [-0.25, -0.2) is 0 Å². The van der Waals surface area contributed by atoms with Crippen LogP contribution in [-0.4, -0.2) is 22.0 Å². The van der Waals surface area contributed by atoms with Crippen LogP contribution in [0, 0.1) is 16.7 Å². The molecule has 2 rings (SSSR count). The molecule has 16 heavy (non-hydrogen) atoms. The Labute approximate surface area is 95.3 Å². The highest BCUT2D eigenvalue weighted by Crippen LogP contribution is 2.66. The number of hydrogen-bond donors (Lipinski definition) is 2. The summed E-state index contributed by atoms with van der Waals surface area (Å²) in [6, 6.07) is 0. The minimum absolute atomic E-state index is 0.00699. The maximum absolute atomic E-state index is 10.7. The Morgan fingerprint density at radius 1 is 1.56 bits per heavy atom. The molecule has 3 atom stereocenters. The van der Waals surface area contributed by atoms with Gasteiger partial charge in [-0.1, -0.05) is 19.0 Å². The highest BCUT2D eigenvalue weighted by Gasteiger charge is 2.62. The van der Waals surface area contributed by atoms with Gasteiger partial charge in [0.15, 0.2) is 0 Å². The van der Waals surface area contributed by atoms with Gasteiger partial charge in [0.05, 0.1) is 5.71 Å². The Bertz CT molecular complexity index is 352. The predicted octanol–water partition coefficient (Wildman–Crippen LogP) is 2.51. The fraction of sp³-hybridized carbons (Fsp3) is 0.833. The first-order valence-electron chi connectivity index (χ1n) is 5.87. The molecule has 2 aliphatic rings. The van der Waals surface area contributed by atoms with E-state index in [1.807, 2.05) is 0 Å². The Hall–Kier alpha value is -1.06. The average Bonchev–Trinajstić information content (AvgIpc) is 2.60. The van der Waals surface area contributed by atoms with Crippen LogP contribution in [0.25, 0.3) is 0 Å². The summed E-state index contributed by atoms with van der Waals surface area (Å²) in [6.45, 7) is 4.28. The smallest absolute Gasteiger partial charge is 0.303 e. The molecule has 0 radical (unpaired) electrons. The minimum Gasteiger partial charge on any atom is -0.481 e. The van der Waals surface area contributed by atoms with E-state index in [0.717, 1.165) is 25.0 Å². The molecule has 0 aromatic heterocycles. The van der Waals surface area contributed by atoms with E-state index in [1.165, 1.54) is 0 Å². The van der Waals surface area contributed by atoms with Crippen LogP contribution in [0.4, 0.5) is 0 Å². The largest absolute Gasteiger partial charge is 0.481 e. The molecule has 4 heteroatoms. The zero-order valence-corrected chi connectivity index (χ0v) is 9.86. The number of rotatable bonds is 3. The molecule has 0 spiro atoms. The van der Waals surface area contributed by atoms with E-state index < -0.39 is 5.97 Å². The summed E-state index contributed by atoms with van der Waals surface area (Å²) < 4.78 is 0. The molecule has 2 aliphatic carbocycles. The van der Waals surface area contributed by atoms with Gasteiger partial charge >= 0.3 is 5.97 Å². The lowest BCUT2D eigenvalue weighted by Gasteiger charge is -2.37. The van der Waals surface area contributed by atoms with Crippen molar-refractivity contribution in [3.05, 3.63) is 0 Å². The maximum Gasteiger partial charge on any atom is 0.303 e. The van der Waals surface area contributed by atoms with Crippen LogP contribution in [0.15, 0.2) is 5.16 Å². The molecular weight excluding hydrogens is 206 g/mol. The lowest BCUT2D eigenvalue weighted by Crippen LogP contribution is -2.35. The van der Waals surface area contributed by atoms with E-state index in [9.17, 15) is 4.79 Å². The molecule has 2 fully saturated rings. The Kier molecular flexibility index (Phi) is 2.48. The molecule has 0 aromatic rings. The Morgan fingerprint density at radius 3 is 2.75 bits per heavy atom. The highest BCUT2D eigenvalue weighted by atomic mass is 16.4. The van der Waals surface area contributed by atoms with Gasteiger partial charge in [-0.3, -0.25) is 4.79 Å². The standard InChI is InChI=1S/C12H19NO3/c1-11(6-4-10(14)15)8-3-5-12(11,2)9(7-8)13-16/h8,16H,3-7H2,1-2H3,(H,14,15)/b13-9-/t8-,11-,12+/m0/s1. The van der Waals surface area contributed by atoms with E-state index in [4.69, 9.17) is 10.3 Å². The van der Waals surface area contributed by atoms with Crippen LogP contribution in [0.2, 0.25) is 0 Å². The number of hydrogen-bond acceptors (Lipinski definition) is 3. The summed E-state index contributed by atoms with van der Waals surface area (Å²) in [7, 11) is 0. The summed E-state index contributed by atoms with van der Waals surface area (Å²) >= 11 is 0. The molecule has 2 bridgehead atoms. The third-order valence-corrected chi connectivity index (χ3v) is 5.21. The van der Waals surface area contributed by atoms with Crippen molar-refractivity contribution >= 4 is 11.7 Å². The topological polar surface area (TPSA) is 69.9 Å². The first-order chi connectivity index (χ1) is 7.44. The highest BCUT2D eigenvalue weighted by molar-refractivity contribution is 5.94. The summed E-state index contributed by atoms with van der Waals surface area (Å²) in [5, 5.41) is 21.3. The van der Waals surface area contributed by atoms with Crippen molar-refractivity contribution in [3.8, 4) is 0 Å². The number of fused-ring (bicyclic) bond motifs is 2. The summed E-state index contributed by atoms with van der Waals surface area (Å²) in [5.74, 6) is -0.249. The first-order valence-corrected chi connectivity index (χ1v) is 5.87. The third kappa shape index (κ3) is 1.28. The van der Waals surface area contributed by atoms with Gasteiger partial charge in [-0.2, -0.15) is 0 Å². The third-order valence-electron chi connectivity index (χ3n) is 5.21. The molecule has 0 heterocycles. The molecule has 0 amide bonds. The van der Waals surface area contributed by atoms with E-state index in [-0.39, 0.29) is 17.3 Å². The van der Waals surface area contributed by atoms with Crippen LogP contribution in [0.5, 0.6) is 0 Å². The molecule has 90 valence electrons. The fourth-order valence-corrected chi connectivity index (χ4v) is 3.78. The van der Waals surface area contributed by atoms with Crippen LogP contribution < -0.4 is 0 Å². The van der Waals surface area contributed by atoms with E-state index in [2.05, 4.69) is 19.0 Å². The number of carboxylic acids is 1. The predicted molar refractivity (Wildman–Crippen MR) is 59.6 cm³/mol. The number of carboxylic acid groups (broad SMARTS) is 1. The van der Waals surface area contributed by atoms with Crippen molar-refractivity contribution in [1.29, 1.82) is 0 Å². The van der Waals surface area contributed by atoms with E-state index in [1.54, 1.807) is 0 Å². The lowest BCUT2D eigenvalue weighted by atomic mass is 9.66. The second-order valence-electron chi connectivity index (χ2n) is 5.63. The van der Waals surface area contributed by atoms with Crippen molar-refractivity contribution in [1.82, 2.24) is 0 Å². The fourth-order valence-electron chi connectivity index (χ4n) is 3.78. The monoisotopic (exact) mass is 225 g/mol. The molecule has 2 N–H and O–H groups in total. The first kappa shape index (κ1) is 11.4. The van der Waals surface area contributed by atoms with Gasteiger partial charge in [0.1, 0.15) is 0 Å². The second kappa shape index (κ2) is 3.47. The van der Waals surface area contributed by atoms with Crippen molar-refractivity contribution in [3.63, 3.8) is 0 Å². The van der Waals surface area contributed by atoms with Crippen LogP contribution >= 0.6 is 0 Å². The summed E-state index contributed by atoms with van der Waals surface area (Å²) in [6.07, 6.45) is 3.88. The normalized spacial score (nSPS) is 44.1. The molecule has 0 saturated heterocycles. The summed E-state index contributed by atoms with van der Waals surface area (Å²) in [5.41, 5.74) is 0.770. The SMILES string of the molecule is C[C@]1(CCC(=O)O)[C@H]2CC[C@]1(C)/C(=N\O)C2. The van der Waals surface area contributed by atoms with Crippen LogP contribution in [-0.2, 0) is 4.79 Å². The average molecular weight is 225 g/mol. The van der Waals surface area contributed by atoms with Gasteiger partial charge in [-0.05, 0) is 37.0 Å². The van der Waals surface area contributed by atoms with Crippen molar-refractivity contribution in [2.45, 2.75) is 46.0 Å². The zero-order valence-electron chi connectivity index (χ0n) is 9.86. The van der Waals surface area contributed by atoms with Gasteiger partial charge < -0.3 is 10.3 Å². The van der Waals surface area contributed by atoms with E-state index in [0.29, 0.717) is 12.3 Å². The van der Waals surface area contributed by atoms with E-state index >= 15 is 0 Å². The molecule has 0 aromatic carbocycles. The number of carbonyl (C=O) groups is 1. The van der Waals surface area contributed by atoms with Crippen LogP contribution in [0.1, 0.15) is 46.0 Å². The maximum atomic E-state index is 10.7.